The van der Waals surface area contributed by atoms with Crippen molar-refractivity contribution in [1.82, 2.24) is 9.97 Å². The molecule has 2 N–H and O–H groups in total. The van der Waals surface area contributed by atoms with Gasteiger partial charge in [-0.25, -0.2) is 4.98 Å². The summed E-state index contributed by atoms with van der Waals surface area (Å²) in [6.45, 7) is 1.91. The quantitative estimate of drug-likeness (QED) is 0.925. The van der Waals surface area contributed by atoms with Crippen molar-refractivity contribution < 1.29 is 0 Å². The Balaban J connectivity index is 2.17. The van der Waals surface area contributed by atoms with Gasteiger partial charge in [-0.1, -0.05) is 23.4 Å². The molecule has 2 aromatic heterocycles. The molecule has 2 heterocycles. The molecule has 0 aliphatic heterocycles. The van der Waals surface area contributed by atoms with Crippen LogP contribution in [0.25, 0.3) is 0 Å². The second-order valence-corrected chi connectivity index (χ2v) is 5.07. The van der Waals surface area contributed by atoms with E-state index in [9.17, 15) is 0 Å². The Labute approximate surface area is 109 Å². The maximum Gasteiger partial charge on any atom is 0.119 e. The Kier molecular flexibility index (Phi) is 3.99. The molecule has 1 atom stereocenters. The largest absolute Gasteiger partial charge is 0.323 e. The standard InChI is InChI=1S/C12H12ClN3S/c1-8(14)11-5-4-9(7-16-11)17-12-10(13)3-2-6-15-12/h2-8H,14H2,1H3. The van der Waals surface area contributed by atoms with Crippen molar-refractivity contribution in [2.24, 2.45) is 5.73 Å². The number of aromatic nitrogens is 2. The van der Waals surface area contributed by atoms with Crippen molar-refractivity contribution in [1.29, 1.82) is 0 Å². The summed E-state index contributed by atoms with van der Waals surface area (Å²) in [4.78, 5) is 9.49. The molecule has 17 heavy (non-hydrogen) atoms. The number of nitrogens with two attached hydrogens (primary N) is 1. The van der Waals surface area contributed by atoms with Gasteiger partial charge in [0.15, 0.2) is 0 Å². The van der Waals surface area contributed by atoms with E-state index in [0.29, 0.717) is 5.02 Å². The van der Waals surface area contributed by atoms with Crippen LogP contribution in [0.1, 0.15) is 18.7 Å². The Morgan fingerprint density at radius 3 is 2.71 bits per heavy atom. The van der Waals surface area contributed by atoms with E-state index in [1.54, 1.807) is 12.4 Å². The first-order valence-corrected chi connectivity index (χ1v) is 6.36. The van der Waals surface area contributed by atoms with Crippen LogP contribution in [0.4, 0.5) is 0 Å². The highest BCUT2D eigenvalue weighted by Crippen LogP contribution is 2.30. The van der Waals surface area contributed by atoms with Crippen LogP contribution in [0.2, 0.25) is 5.02 Å². The molecular weight excluding hydrogens is 254 g/mol. The third kappa shape index (κ3) is 3.19. The zero-order chi connectivity index (χ0) is 12.3. The highest BCUT2D eigenvalue weighted by Gasteiger charge is 2.05. The second-order valence-electron chi connectivity index (χ2n) is 3.60. The lowest BCUT2D eigenvalue weighted by Gasteiger charge is -2.06. The van der Waals surface area contributed by atoms with Gasteiger partial charge in [-0.15, -0.1) is 0 Å². The molecule has 0 aliphatic rings. The molecule has 1 unspecified atom stereocenters. The molecule has 88 valence electrons. The van der Waals surface area contributed by atoms with Crippen molar-refractivity contribution in [3.05, 3.63) is 47.4 Å². The van der Waals surface area contributed by atoms with E-state index in [-0.39, 0.29) is 6.04 Å². The van der Waals surface area contributed by atoms with Gasteiger partial charge in [0.1, 0.15) is 5.03 Å². The molecule has 0 aliphatic carbocycles. The van der Waals surface area contributed by atoms with Crippen LogP contribution in [0.5, 0.6) is 0 Å². The predicted octanol–water partition coefficient (Wildman–Crippen LogP) is 3.30. The van der Waals surface area contributed by atoms with Crippen LogP contribution in [0.15, 0.2) is 46.6 Å². The van der Waals surface area contributed by atoms with Crippen molar-refractivity contribution in [2.75, 3.05) is 0 Å². The van der Waals surface area contributed by atoms with Gasteiger partial charge in [-0.05, 0) is 31.2 Å². The average Bonchev–Trinajstić information content (AvgIpc) is 2.33. The summed E-state index contributed by atoms with van der Waals surface area (Å²) < 4.78 is 0. The Hall–Kier alpha value is -1.10. The summed E-state index contributed by atoms with van der Waals surface area (Å²) in [5.41, 5.74) is 6.61. The fraction of sp³-hybridized carbons (Fsp3) is 0.167. The van der Waals surface area contributed by atoms with E-state index in [1.807, 2.05) is 31.2 Å². The summed E-state index contributed by atoms with van der Waals surface area (Å²) in [5, 5.41) is 1.43. The van der Waals surface area contributed by atoms with E-state index in [2.05, 4.69) is 9.97 Å². The molecule has 3 nitrogen and oxygen atoms in total. The van der Waals surface area contributed by atoms with Crippen molar-refractivity contribution in [3.63, 3.8) is 0 Å². The number of nitrogens with zero attached hydrogens (tertiary/aromatic N) is 2. The minimum Gasteiger partial charge on any atom is -0.323 e. The molecule has 2 aromatic rings. The van der Waals surface area contributed by atoms with Gasteiger partial charge in [0.2, 0.25) is 0 Å². The summed E-state index contributed by atoms with van der Waals surface area (Å²) in [5.74, 6) is 0. The lowest BCUT2D eigenvalue weighted by atomic mass is 10.2. The number of rotatable bonds is 3. The van der Waals surface area contributed by atoms with Gasteiger partial charge in [0, 0.05) is 23.3 Å². The fourth-order valence-electron chi connectivity index (χ4n) is 1.28. The maximum absolute atomic E-state index is 6.03. The molecule has 0 radical (unpaired) electrons. The number of pyridine rings is 2. The normalized spacial score (nSPS) is 12.4. The van der Waals surface area contributed by atoms with Gasteiger partial charge in [0.25, 0.3) is 0 Å². The van der Waals surface area contributed by atoms with Gasteiger partial charge in [-0.3, -0.25) is 4.98 Å². The van der Waals surface area contributed by atoms with Crippen LogP contribution in [-0.2, 0) is 0 Å². The first-order valence-electron chi connectivity index (χ1n) is 5.16. The molecule has 0 saturated heterocycles. The molecule has 0 spiro atoms. The minimum atomic E-state index is -0.0486. The van der Waals surface area contributed by atoms with E-state index < -0.39 is 0 Å². The minimum absolute atomic E-state index is 0.0486. The number of hydrogen-bond acceptors (Lipinski definition) is 4. The zero-order valence-corrected chi connectivity index (χ0v) is 10.9. The van der Waals surface area contributed by atoms with Gasteiger partial charge >= 0.3 is 0 Å². The van der Waals surface area contributed by atoms with Crippen molar-refractivity contribution in [3.8, 4) is 0 Å². The van der Waals surface area contributed by atoms with Crippen LogP contribution in [0, 0.1) is 0 Å². The molecule has 2 rings (SSSR count). The van der Waals surface area contributed by atoms with E-state index in [4.69, 9.17) is 17.3 Å². The Morgan fingerprint density at radius 2 is 2.12 bits per heavy atom. The third-order valence-corrected chi connectivity index (χ3v) is 3.58. The summed E-state index contributed by atoms with van der Waals surface area (Å²) in [7, 11) is 0. The second kappa shape index (κ2) is 5.49. The van der Waals surface area contributed by atoms with Crippen LogP contribution in [0.3, 0.4) is 0 Å². The maximum atomic E-state index is 6.03. The molecule has 0 amide bonds. The highest BCUT2D eigenvalue weighted by atomic mass is 35.5. The highest BCUT2D eigenvalue weighted by molar-refractivity contribution is 7.99. The molecule has 5 heteroatoms. The Bertz CT molecular complexity index is 499. The molecule has 0 aromatic carbocycles. The first kappa shape index (κ1) is 12.4. The molecule has 0 fully saturated rings. The fourth-order valence-corrected chi connectivity index (χ4v) is 2.26. The summed E-state index contributed by atoms with van der Waals surface area (Å²) >= 11 is 7.52. The monoisotopic (exact) mass is 265 g/mol. The lowest BCUT2D eigenvalue weighted by Crippen LogP contribution is -2.06. The van der Waals surface area contributed by atoms with E-state index in [0.717, 1.165) is 15.6 Å². The molecule has 0 saturated carbocycles. The number of halogens is 1. The average molecular weight is 266 g/mol. The first-order chi connectivity index (χ1) is 8.16. The van der Waals surface area contributed by atoms with Gasteiger partial charge in [-0.2, -0.15) is 0 Å². The topological polar surface area (TPSA) is 51.8 Å². The third-order valence-electron chi connectivity index (χ3n) is 2.16. The van der Waals surface area contributed by atoms with Crippen LogP contribution in [-0.4, -0.2) is 9.97 Å². The van der Waals surface area contributed by atoms with Crippen molar-refractivity contribution in [2.45, 2.75) is 22.9 Å². The summed E-state index contributed by atoms with van der Waals surface area (Å²) in [6.07, 6.45) is 3.51. The smallest absolute Gasteiger partial charge is 0.119 e. The SMILES string of the molecule is CC(N)c1ccc(Sc2ncccc2Cl)cn1. The van der Waals surface area contributed by atoms with Gasteiger partial charge in [0.05, 0.1) is 10.7 Å². The van der Waals surface area contributed by atoms with E-state index in [1.165, 1.54) is 11.8 Å². The molecule has 0 bridgehead atoms. The lowest BCUT2D eigenvalue weighted by molar-refractivity contribution is 0.777. The summed E-state index contributed by atoms with van der Waals surface area (Å²) in [6, 6.07) is 7.47. The predicted molar refractivity (Wildman–Crippen MR) is 70.2 cm³/mol. The van der Waals surface area contributed by atoms with Crippen LogP contribution >= 0.6 is 23.4 Å². The Morgan fingerprint density at radius 1 is 1.29 bits per heavy atom. The van der Waals surface area contributed by atoms with E-state index >= 15 is 0 Å². The van der Waals surface area contributed by atoms with Crippen molar-refractivity contribution >= 4 is 23.4 Å². The number of hydrogen-bond donors (Lipinski definition) is 1. The van der Waals surface area contributed by atoms with Gasteiger partial charge < -0.3 is 5.73 Å². The molecular formula is C12H12ClN3S. The van der Waals surface area contributed by atoms with Crippen LogP contribution < -0.4 is 5.73 Å². The zero-order valence-electron chi connectivity index (χ0n) is 9.30.